The maximum Gasteiger partial charge on any atom is 0.141 e. The minimum absolute atomic E-state index is 0.461. The van der Waals surface area contributed by atoms with E-state index in [0.29, 0.717) is 11.9 Å². The van der Waals surface area contributed by atoms with Crippen LogP contribution in [0.25, 0.3) is 33.8 Å². The van der Waals surface area contributed by atoms with Crippen LogP contribution >= 0.6 is 0 Å². The zero-order valence-corrected chi connectivity index (χ0v) is 16.3. The quantitative estimate of drug-likeness (QED) is 0.513. The van der Waals surface area contributed by atoms with Crippen molar-refractivity contribution in [2.75, 3.05) is 5.73 Å². The van der Waals surface area contributed by atoms with Gasteiger partial charge >= 0.3 is 0 Å². The Morgan fingerprint density at radius 2 is 1.72 bits per heavy atom. The Morgan fingerprint density at radius 3 is 2.55 bits per heavy atom. The monoisotopic (exact) mass is 384 g/mol. The van der Waals surface area contributed by atoms with Crippen molar-refractivity contribution in [2.24, 2.45) is 0 Å². The lowest BCUT2D eigenvalue weighted by Gasteiger charge is -2.21. The predicted octanol–water partition coefficient (Wildman–Crippen LogP) is 5.09. The summed E-state index contributed by atoms with van der Waals surface area (Å²) in [5.74, 6) is 1.18. The Kier molecular flexibility index (Phi) is 4.60. The molecule has 3 heterocycles. The number of rotatable bonds is 4. The molecule has 0 unspecified atom stereocenters. The first-order chi connectivity index (χ1) is 14.3. The van der Waals surface area contributed by atoms with E-state index in [0.717, 1.165) is 33.8 Å². The van der Waals surface area contributed by atoms with Gasteiger partial charge in [0.05, 0.1) is 29.7 Å². The highest BCUT2D eigenvalue weighted by molar-refractivity contribution is 5.76. The van der Waals surface area contributed by atoms with E-state index in [1.807, 2.05) is 42.9 Å². The van der Waals surface area contributed by atoms with Crippen LogP contribution in [0.3, 0.4) is 0 Å². The van der Waals surface area contributed by atoms with Crippen molar-refractivity contribution in [3.05, 3.63) is 61.2 Å². The molecule has 4 aromatic rings. The fraction of sp³-hybridized carbons (Fsp3) is 0.261. The van der Waals surface area contributed by atoms with E-state index in [1.54, 1.807) is 0 Å². The lowest BCUT2D eigenvalue weighted by atomic mass is 9.96. The summed E-state index contributed by atoms with van der Waals surface area (Å²) in [6.07, 6.45) is 14.0. The smallest absolute Gasteiger partial charge is 0.141 e. The summed E-state index contributed by atoms with van der Waals surface area (Å²) < 4.78 is 2.12. The zero-order chi connectivity index (χ0) is 19.6. The van der Waals surface area contributed by atoms with E-state index in [4.69, 9.17) is 5.73 Å². The number of hydrogen-bond donors (Lipinski definition) is 2. The van der Waals surface area contributed by atoms with Crippen LogP contribution in [0.4, 0.5) is 5.82 Å². The van der Waals surface area contributed by atoms with E-state index in [2.05, 4.69) is 43.1 Å². The normalized spacial score (nSPS) is 14.9. The molecule has 1 aromatic carbocycles. The molecule has 0 saturated heterocycles. The zero-order valence-electron chi connectivity index (χ0n) is 16.3. The van der Waals surface area contributed by atoms with Crippen molar-refractivity contribution in [3.8, 4) is 33.8 Å². The van der Waals surface area contributed by atoms with Gasteiger partial charge in [0.15, 0.2) is 0 Å². The minimum atomic E-state index is 0.461. The van der Waals surface area contributed by atoms with E-state index in [1.165, 1.54) is 32.1 Å². The Hall–Kier alpha value is -3.41. The molecule has 29 heavy (non-hydrogen) atoms. The number of nitrogens with one attached hydrogen (secondary N) is 1. The molecule has 0 atom stereocenters. The molecule has 5 rings (SSSR count). The average molecular weight is 384 g/mol. The summed E-state index contributed by atoms with van der Waals surface area (Å²) in [5, 5.41) is 4.62. The fourth-order valence-corrected chi connectivity index (χ4v) is 4.08. The van der Waals surface area contributed by atoms with Gasteiger partial charge in [-0.1, -0.05) is 49.6 Å². The summed E-state index contributed by atoms with van der Waals surface area (Å²) in [4.78, 5) is 12.3. The number of nitrogen functional groups attached to an aromatic ring is 1. The minimum Gasteiger partial charge on any atom is -0.383 e. The van der Waals surface area contributed by atoms with Crippen LogP contribution < -0.4 is 5.73 Å². The second-order valence-corrected chi connectivity index (χ2v) is 7.67. The molecule has 1 saturated carbocycles. The molecule has 0 aliphatic heterocycles. The average Bonchev–Trinajstić information content (AvgIpc) is 3.46. The lowest BCUT2D eigenvalue weighted by Crippen LogP contribution is -2.12. The van der Waals surface area contributed by atoms with Gasteiger partial charge in [-0.25, -0.2) is 9.97 Å². The molecule has 6 heteroatoms. The van der Waals surface area contributed by atoms with Crippen LogP contribution in [-0.4, -0.2) is 24.7 Å². The van der Waals surface area contributed by atoms with Crippen LogP contribution in [0.5, 0.6) is 0 Å². The number of nitrogens with zero attached hydrogens (tertiary/aromatic N) is 4. The number of pyridine rings is 1. The summed E-state index contributed by atoms with van der Waals surface area (Å²) in [6, 6.07) is 12.7. The molecule has 0 amide bonds. The number of imidazole rings is 1. The van der Waals surface area contributed by atoms with Gasteiger partial charge in [-0.05, 0) is 24.5 Å². The molecule has 3 aromatic heterocycles. The standard InChI is InChI=1S/C23H24N6/c24-22-20(23-26-14-21(28-23)16-7-3-1-4-8-16)11-17(12-25-22)18-13-27-29(15-18)19-9-5-2-6-10-19/h1,3-4,7-8,11-15,19H,2,5-6,9-10H2,(H2,24,25)(H,26,28). The fourth-order valence-electron chi connectivity index (χ4n) is 4.08. The third-order valence-corrected chi connectivity index (χ3v) is 5.72. The molecule has 6 nitrogen and oxygen atoms in total. The molecule has 0 bridgehead atoms. The maximum absolute atomic E-state index is 6.18. The van der Waals surface area contributed by atoms with Gasteiger partial charge in [-0.3, -0.25) is 4.68 Å². The van der Waals surface area contributed by atoms with Gasteiger partial charge in [-0.2, -0.15) is 5.10 Å². The van der Waals surface area contributed by atoms with E-state index in [-0.39, 0.29) is 0 Å². The molecule has 146 valence electrons. The van der Waals surface area contributed by atoms with E-state index < -0.39 is 0 Å². The Labute approximate surface area is 169 Å². The van der Waals surface area contributed by atoms with Gasteiger partial charge in [0.2, 0.25) is 0 Å². The number of benzene rings is 1. The summed E-state index contributed by atoms with van der Waals surface area (Å²) in [7, 11) is 0. The van der Waals surface area contributed by atoms with Crippen molar-refractivity contribution in [3.63, 3.8) is 0 Å². The van der Waals surface area contributed by atoms with Crippen LogP contribution in [0.1, 0.15) is 38.1 Å². The second-order valence-electron chi connectivity index (χ2n) is 7.67. The number of aromatic amines is 1. The maximum atomic E-state index is 6.18. The number of nitrogens with two attached hydrogens (primary N) is 1. The van der Waals surface area contributed by atoms with Crippen molar-refractivity contribution in [1.82, 2.24) is 24.7 Å². The second kappa shape index (κ2) is 7.54. The van der Waals surface area contributed by atoms with E-state index >= 15 is 0 Å². The van der Waals surface area contributed by atoms with Crippen LogP contribution in [0, 0.1) is 0 Å². The van der Waals surface area contributed by atoms with Crippen LogP contribution in [-0.2, 0) is 0 Å². The van der Waals surface area contributed by atoms with Gasteiger partial charge in [0.25, 0.3) is 0 Å². The highest BCUT2D eigenvalue weighted by Crippen LogP contribution is 2.32. The Bertz CT molecular complexity index is 1110. The van der Waals surface area contributed by atoms with Crippen molar-refractivity contribution in [2.45, 2.75) is 38.1 Å². The SMILES string of the molecule is Nc1ncc(-c2cnn(C3CCCCC3)c2)cc1-c1ncc(-c2ccccc2)[nH]1. The number of anilines is 1. The van der Waals surface area contributed by atoms with E-state index in [9.17, 15) is 0 Å². The highest BCUT2D eigenvalue weighted by Gasteiger charge is 2.17. The van der Waals surface area contributed by atoms with Crippen LogP contribution in [0.15, 0.2) is 61.2 Å². The van der Waals surface area contributed by atoms with Crippen molar-refractivity contribution >= 4 is 5.82 Å². The molecule has 1 aliphatic rings. The van der Waals surface area contributed by atoms with Gasteiger partial charge in [0, 0.05) is 23.5 Å². The summed E-state index contributed by atoms with van der Waals surface area (Å²) in [6.45, 7) is 0. The Balaban J connectivity index is 1.45. The van der Waals surface area contributed by atoms with Gasteiger partial charge in [-0.15, -0.1) is 0 Å². The van der Waals surface area contributed by atoms with Crippen molar-refractivity contribution in [1.29, 1.82) is 0 Å². The first-order valence-corrected chi connectivity index (χ1v) is 10.2. The topological polar surface area (TPSA) is 85.4 Å². The van der Waals surface area contributed by atoms with Crippen LogP contribution in [0.2, 0.25) is 0 Å². The molecule has 1 aliphatic carbocycles. The highest BCUT2D eigenvalue weighted by atomic mass is 15.3. The first-order valence-electron chi connectivity index (χ1n) is 10.2. The molecule has 0 spiro atoms. The summed E-state index contributed by atoms with van der Waals surface area (Å²) >= 11 is 0. The lowest BCUT2D eigenvalue weighted by molar-refractivity contribution is 0.329. The number of hydrogen-bond acceptors (Lipinski definition) is 4. The summed E-state index contributed by atoms with van der Waals surface area (Å²) in [5.41, 5.74) is 11.1. The molecular formula is C23H24N6. The third kappa shape index (κ3) is 3.53. The van der Waals surface area contributed by atoms with Gasteiger partial charge < -0.3 is 10.7 Å². The predicted molar refractivity (Wildman–Crippen MR) is 115 cm³/mol. The number of aromatic nitrogens is 5. The molecular weight excluding hydrogens is 360 g/mol. The Morgan fingerprint density at radius 1 is 0.897 bits per heavy atom. The third-order valence-electron chi connectivity index (χ3n) is 5.72. The van der Waals surface area contributed by atoms with Crippen molar-refractivity contribution < 1.29 is 0 Å². The number of H-pyrrole nitrogens is 1. The largest absolute Gasteiger partial charge is 0.383 e. The first kappa shape index (κ1) is 17.7. The molecule has 1 fully saturated rings. The van der Waals surface area contributed by atoms with Gasteiger partial charge in [0.1, 0.15) is 11.6 Å². The molecule has 3 N–H and O–H groups in total. The molecule has 0 radical (unpaired) electrons.